The number of ether oxygens (including phenoxy) is 1. The highest BCUT2D eigenvalue weighted by molar-refractivity contribution is 6.37. The number of rotatable bonds is 5. The number of aliphatic carboxylic acids is 1. The van der Waals surface area contributed by atoms with Gasteiger partial charge >= 0.3 is 12.1 Å². The molecule has 35 heavy (non-hydrogen) atoms. The molecule has 2 N–H and O–H groups in total. The Hall–Kier alpha value is -2.64. The van der Waals surface area contributed by atoms with Crippen molar-refractivity contribution in [2.24, 2.45) is 5.92 Å². The Labute approximate surface area is 214 Å². The molecule has 3 heterocycles. The summed E-state index contributed by atoms with van der Waals surface area (Å²) in [5.41, 5.74) is 2.97. The fourth-order valence-electron chi connectivity index (χ4n) is 6.14. The van der Waals surface area contributed by atoms with Gasteiger partial charge in [0.1, 0.15) is 6.10 Å². The largest absolute Gasteiger partial charge is 0.485 e. The van der Waals surface area contributed by atoms with Gasteiger partial charge in [0.05, 0.1) is 22.5 Å². The number of carbonyl (C=O) groups is 2. The maximum atomic E-state index is 12.2. The lowest BCUT2D eigenvalue weighted by atomic mass is 9.76. The first-order valence-corrected chi connectivity index (χ1v) is 12.7. The first-order valence-electron chi connectivity index (χ1n) is 11.9. The molecule has 1 amide bonds. The summed E-state index contributed by atoms with van der Waals surface area (Å²) in [5.74, 6) is -1.34. The van der Waals surface area contributed by atoms with Crippen molar-refractivity contribution in [1.82, 2.24) is 4.90 Å². The van der Waals surface area contributed by atoms with Crippen LogP contribution in [0.15, 0.2) is 36.4 Å². The predicted molar refractivity (Wildman–Crippen MR) is 134 cm³/mol. The number of piperidine rings is 1. The number of fused-ring (bicyclic) bond motifs is 2. The smallest absolute Gasteiger partial charge is 0.407 e. The minimum Gasteiger partial charge on any atom is -0.485 e. The van der Waals surface area contributed by atoms with E-state index in [0.717, 1.165) is 36.2 Å². The van der Waals surface area contributed by atoms with Crippen LogP contribution >= 0.6 is 23.2 Å². The van der Waals surface area contributed by atoms with E-state index in [2.05, 4.69) is 4.90 Å². The summed E-state index contributed by atoms with van der Waals surface area (Å²) in [4.78, 5) is 27.5. The zero-order valence-corrected chi connectivity index (χ0v) is 20.9. The van der Waals surface area contributed by atoms with Gasteiger partial charge in [0.25, 0.3) is 0 Å². The van der Waals surface area contributed by atoms with Crippen LogP contribution in [0, 0.1) is 12.8 Å². The van der Waals surface area contributed by atoms with Crippen LogP contribution < -0.4 is 9.64 Å². The van der Waals surface area contributed by atoms with Gasteiger partial charge < -0.3 is 24.7 Å². The maximum Gasteiger partial charge on any atom is 0.407 e. The van der Waals surface area contributed by atoms with E-state index in [1.54, 1.807) is 0 Å². The molecule has 0 unspecified atom stereocenters. The third-order valence-corrected chi connectivity index (χ3v) is 8.25. The average Bonchev–Trinajstić information content (AvgIpc) is 3.39. The summed E-state index contributed by atoms with van der Waals surface area (Å²) in [6.45, 7) is 3.45. The monoisotopic (exact) mass is 518 g/mol. The number of nitrogens with zero attached hydrogens (tertiary/aromatic N) is 2. The van der Waals surface area contributed by atoms with Crippen LogP contribution in [-0.4, -0.2) is 58.5 Å². The fourth-order valence-corrected chi connectivity index (χ4v) is 6.82. The number of anilines is 1. The molecule has 0 saturated carbocycles. The Morgan fingerprint density at radius 3 is 2.34 bits per heavy atom. The van der Waals surface area contributed by atoms with Gasteiger partial charge in [0.15, 0.2) is 5.75 Å². The van der Waals surface area contributed by atoms with Gasteiger partial charge in [-0.15, -0.1) is 0 Å². The molecule has 2 aromatic carbocycles. The quantitative estimate of drug-likeness (QED) is 0.530. The van der Waals surface area contributed by atoms with Gasteiger partial charge in [0, 0.05) is 36.7 Å². The van der Waals surface area contributed by atoms with Crippen LogP contribution in [0.1, 0.15) is 42.7 Å². The van der Waals surface area contributed by atoms with Gasteiger partial charge in [-0.05, 0) is 61.6 Å². The van der Waals surface area contributed by atoms with Crippen LogP contribution in [0.4, 0.5) is 10.5 Å². The summed E-state index contributed by atoms with van der Waals surface area (Å²) >= 11 is 12.7. The first kappa shape index (κ1) is 24.1. The standard InChI is InChI=1S/C26H28Cl2N2O5/c1-14-10-20(27)24(21(28)11-14)35-18-8-9-29(13-18)16-4-2-15(3-5-16)19-12-17-6-7-22(23(19)25(31)32)30(17)26(33)34/h2-5,10-11,17-19,22-23H,6-9,12-13H2,1H3,(H,31,32)(H,33,34)/t17-,18+,19+,22+,23+/m0/s1. The molecule has 3 aliphatic heterocycles. The Kier molecular flexibility index (Phi) is 6.49. The fraction of sp³-hybridized carbons (Fsp3) is 0.462. The highest BCUT2D eigenvalue weighted by Crippen LogP contribution is 2.47. The van der Waals surface area contributed by atoms with Crippen molar-refractivity contribution in [3.05, 3.63) is 57.6 Å². The normalized spacial score (nSPS) is 27.8. The third-order valence-electron chi connectivity index (χ3n) is 7.68. The van der Waals surface area contributed by atoms with Gasteiger partial charge in [-0.25, -0.2) is 4.79 Å². The zero-order valence-electron chi connectivity index (χ0n) is 19.4. The molecule has 2 aromatic rings. The second-order valence-electron chi connectivity index (χ2n) is 9.82. The number of hydrogen-bond acceptors (Lipinski definition) is 4. The average molecular weight is 519 g/mol. The van der Waals surface area contributed by atoms with Crippen molar-refractivity contribution in [3.63, 3.8) is 0 Å². The zero-order chi connectivity index (χ0) is 24.9. The van der Waals surface area contributed by atoms with Crippen molar-refractivity contribution >= 4 is 41.0 Å². The summed E-state index contributed by atoms with van der Waals surface area (Å²) in [5, 5.41) is 20.6. The second kappa shape index (κ2) is 9.43. The number of carboxylic acid groups (broad SMARTS) is 2. The van der Waals surface area contributed by atoms with E-state index in [4.69, 9.17) is 27.9 Å². The molecule has 0 radical (unpaired) electrons. The Balaban J connectivity index is 1.28. The SMILES string of the molecule is Cc1cc(Cl)c(O[C@@H]2CCN(c3ccc([C@H]4C[C@@H]5CC[C@H]([C@@H]4C(=O)O)N5C(=O)O)cc3)C2)c(Cl)c1. The Morgan fingerprint density at radius 1 is 1.03 bits per heavy atom. The molecule has 7 nitrogen and oxygen atoms in total. The number of carboxylic acids is 1. The van der Waals surface area contributed by atoms with Crippen molar-refractivity contribution in [2.75, 3.05) is 18.0 Å². The van der Waals surface area contributed by atoms with Crippen LogP contribution in [-0.2, 0) is 4.79 Å². The summed E-state index contributed by atoms with van der Waals surface area (Å²) in [6, 6.07) is 11.1. The molecule has 0 aliphatic carbocycles. The lowest BCUT2D eigenvalue weighted by molar-refractivity contribution is -0.146. The van der Waals surface area contributed by atoms with Crippen molar-refractivity contribution in [3.8, 4) is 5.75 Å². The molecule has 5 rings (SSSR count). The summed E-state index contributed by atoms with van der Waals surface area (Å²) in [6.07, 6.45) is 1.64. The third kappa shape index (κ3) is 4.52. The van der Waals surface area contributed by atoms with Gasteiger partial charge in [-0.2, -0.15) is 0 Å². The molecule has 5 atom stereocenters. The number of halogens is 2. The number of hydrogen-bond donors (Lipinski definition) is 2. The molecule has 3 fully saturated rings. The highest BCUT2D eigenvalue weighted by atomic mass is 35.5. The molecular weight excluding hydrogens is 491 g/mol. The van der Waals surface area contributed by atoms with Crippen molar-refractivity contribution in [1.29, 1.82) is 0 Å². The maximum absolute atomic E-state index is 12.2. The molecule has 186 valence electrons. The van der Waals surface area contributed by atoms with Crippen molar-refractivity contribution < 1.29 is 24.5 Å². The van der Waals surface area contributed by atoms with E-state index in [1.165, 1.54) is 4.90 Å². The van der Waals surface area contributed by atoms with Crippen LogP contribution in [0.3, 0.4) is 0 Å². The van der Waals surface area contributed by atoms with Gasteiger partial charge in [-0.3, -0.25) is 4.79 Å². The van der Waals surface area contributed by atoms with E-state index < -0.39 is 24.0 Å². The molecule has 0 aromatic heterocycles. The Morgan fingerprint density at radius 2 is 1.71 bits per heavy atom. The molecule has 0 spiro atoms. The topological polar surface area (TPSA) is 90.3 Å². The molecular formula is C26H28Cl2N2O5. The summed E-state index contributed by atoms with van der Waals surface area (Å²) < 4.78 is 6.14. The molecule has 3 aliphatic rings. The summed E-state index contributed by atoms with van der Waals surface area (Å²) in [7, 11) is 0. The van der Waals surface area contributed by atoms with Crippen LogP contribution in [0.5, 0.6) is 5.75 Å². The minimum atomic E-state index is -1.02. The van der Waals surface area contributed by atoms with Crippen LogP contribution in [0.25, 0.3) is 0 Å². The lowest BCUT2D eigenvalue weighted by Crippen LogP contribution is -2.52. The Bertz CT molecular complexity index is 1120. The first-order chi connectivity index (χ1) is 16.7. The van der Waals surface area contributed by atoms with E-state index in [-0.39, 0.29) is 18.1 Å². The van der Waals surface area contributed by atoms with Crippen molar-refractivity contribution in [2.45, 2.75) is 56.7 Å². The second-order valence-corrected chi connectivity index (χ2v) is 10.6. The number of aryl methyl sites for hydroxylation is 1. The number of benzene rings is 2. The highest BCUT2D eigenvalue weighted by Gasteiger charge is 2.52. The predicted octanol–water partition coefficient (Wildman–Crippen LogP) is 5.66. The van der Waals surface area contributed by atoms with Gasteiger partial charge in [-0.1, -0.05) is 35.3 Å². The number of amides is 1. The minimum absolute atomic E-state index is 0.0419. The van der Waals surface area contributed by atoms with E-state index in [9.17, 15) is 19.8 Å². The van der Waals surface area contributed by atoms with Gasteiger partial charge in [0.2, 0.25) is 0 Å². The lowest BCUT2D eigenvalue weighted by Gasteiger charge is -2.41. The molecule has 9 heteroatoms. The molecule has 2 bridgehead atoms. The van der Waals surface area contributed by atoms with Crippen LogP contribution in [0.2, 0.25) is 10.0 Å². The van der Waals surface area contributed by atoms with E-state index in [0.29, 0.717) is 35.2 Å². The van der Waals surface area contributed by atoms with E-state index in [1.807, 2.05) is 43.3 Å². The molecule has 3 saturated heterocycles. The van der Waals surface area contributed by atoms with E-state index >= 15 is 0 Å².